The molecule has 2 aromatic rings. The van der Waals surface area contributed by atoms with Crippen LogP contribution in [0.1, 0.15) is 12.0 Å². The molecule has 1 aliphatic rings. The molecule has 1 aliphatic carbocycles. The number of rotatable bonds is 5. The molecule has 0 radical (unpaired) electrons. The summed E-state index contributed by atoms with van der Waals surface area (Å²) in [5.41, 5.74) is -0.595. The molecule has 0 aliphatic heterocycles. The number of hydrogen-bond donors (Lipinski definition) is 1. The van der Waals surface area contributed by atoms with Crippen molar-refractivity contribution < 1.29 is 23.4 Å². The van der Waals surface area contributed by atoms with Crippen LogP contribution in [0.5, 0.6) is 5.75 Å². The van der Waals surface area contributed by atoms with Crippen molar-refractivity contribution in [2.45, 2.75) is 12.3 Å². The third kappa shape index (κ3) is 3.62. The third-order valence-electron chi connectivity index (χ3n) is 4.34. The number of pyridine rings is 1. The maximum Gasteiger partial charge on any atom is 0.352 e. The van der Waals surface area contributed by atoms with Gasteiger partial charge in [-0.3, -0.25) is 9.36 Å². The maximum atomic E-state index is 13.2. The molecule has 1 unspecified atom stereocenters. The Kier molecular flexibility index (Phi) is 4.96. The van der Waals surface area contributed by atoms with Gasteiger partial charge in [0.2, 0.25) is 0 Å². The second kappa shape index (κ2) is 7.09. The number of halogens is 3. The lowest BCUT2D eigenvalue weighted by molar-refractivity contribution is -0.130. The van der Waals surface area contributed by atoms with Crippen molar-refractivity contribution in [3.05, 3.63) is 57.5 Å². The van der Waals surface area contributed by atoms with Crippen LogP contribution in [0.25, 0.3) is 16.8 Å². The normalized spacial score (nSPS) is 17.7. The van der Waals surface area contributed by atoms with Gasteiger partial charge in [-0.25, -0.2) is 13.6 Å². The number of aliphatic carboxylic acids is 1. The zero-order chi connectivity index (χ0) is 20.6. The Balaban J connectivity index is 2.18. The molecule has 1 saturated carbocycles. The van der Waals surface area contributed by atoms with Gasteiger partial charge in [0.05, 0.1) is 24.9 Å². The van der Waals surface area contributed by atoms with Crippen molar-refractivity contribution in [2.24, 2.45) is 5.92 Å². The van der Waals surface area contributed by atoms with Gasteiger partial charge in [0, 0.05) is 34.6 Å². The van der Waals surface area contributed by atoms with Crippen molar-refractivity contribution in [1.82, 2.24) is 4.57 Å². The van der Waals surface area contributed by atoms with Crippen molar-refractivity contribution >= 4 is 23.3 Å². The number of aromatic nitrogens is 1. The number of ether oxygens (including phenoxy) is 1. The Hall–Kier alpha value is -3.18. The van der Waals surface area contributed by atoms with Crippen molar-refractivity contribution in [3.63, 3.8) is 0 Å². The van der Waals surface area contributed by atoms with E-state index in [1.165, 1.54) is 25.3 Å². The fourth-order valence-electron chi connectivity index (χ4n) is 2.77. The third-order valence-corrected chi connectivity index (χ3v) is 4.58. The highest BCUT2D eigenvalue weighted by Gasteiger charge is 2.55. The van der Waals surface area contributed by atoms with E-state index < -0.39 is 35.5 Å². The molecule has 0 spiro atoms. The molecule has 1 aromatic carbocycles. The Morgan fingerprint density at radius 2 is 2.11 bits per heavy atom. The molecule has 3 rings (SSSR count). The first-order valence-electron chi connectivity index (χ1n) is 8.02. The largest absolute Gasteiger partial charge is 0.495 e. The van der Waals surface area contributed by atoms with Gasteiger partial charge in [0.25, 0.3) is 11.5 Å². The molecular formula is C19H13ClF2N2O4. The molecule has 1 fully saturated rings. The first-order chi connectivity index (χ1) is 13.2. The van der Waals surface area contributed by atoms with Crippen molar-refractivity contribution in [1.29, 1.82) is 5.26 Å². The molecular weight excluding hydrogens is 394 g/mol. The van der Waals surface area contributed by atoms with Crippen LogP contribution in [0.15, 0.2) is 41.3 Å². The zero-order valence-electron chi connectivity index (χ0n) is 14.4. The number of carboxylic acid groups (broad SMARTS) is 1. The quantitative estimate of drug-likeness (QED) is 0.765. The summed E-state index contributed by atoms with van der Waals surface area (Å²) in [4.78, 5) is 24.1. The number of carboxylic acids is 1. The summed E-state index contributed by atoms with van der Waals surface area (Å²) in [5.74, 6) is -5.67. The molecule has 1 aromatic heterocycles. The Bertz CT molecular complexity index is 1100. The van der Waals surface area contributed by atoms with Gasteiger partial charge >= 0.3 is 5.97 Å². The number of allylic oxidation sites excluding steroid dienone is 1. The van der Waals surface area contributed by atoms with Crippen LogP contribution in [-0.2, 0) is 4.79 Å². The minimum absolute atomic E-state index is 0.0769. The smallest absolute Gasteiger partial charge is 0.352 e. The van der Waals surface area contributed by atoms with Crippen LogP contribution in [0, 0.1) is 17.2 Å². The minimum atomic E-state index is -2.98. The molecule has 1 atom stereocenters. The van der Waals surface area contributed by atoms with E-state index in [-0.39, 0.29) is 16.9 Å². The predicted octanol–water partition coefficient (Wildman–Crippen LogP) is 3.63. The standard InChI is InChI=1S/C19H13ClF2N2O4/c1-28-16-9-24(15(18(26)27)4-11-7-19(11,21)22)17(25)6-14(16)13-5-12(20)3-2-10(13)8-23/h2-6,9,11H,7H2,1H3,(H,26,27)/b15-4+. The molecule has 0 saturated heterocycles. The summed E-state index contributed by atoms with van der Waals surface area (Å²) in [6, 6.07) is 7.51. The van der Waals surface area contributed by atoms with E-state index in [1.54, 1.807) is 0 Å². The van der Waals surface area contributed by atoms with Gasteiger partial charge in [0.15, 0.2) is 0 Å². The summed E-state index contributed by atoms with van der Waals surface area (Å²) >= 11 is 5.98. The SMILES string of the molecule is COc1cn(/C(=C/C2CC2(F)F)C(=O)O)c(=O)cc1-c1cc(Cl)ccc1C#N. The van der Waals surface area contributed by atoms with Crippen molar-refractivity contribution in [3.8, 4) is 22.9 Å². The first kappa shape index (κ1) is 19.6. The fourth-order valence-corrected chi connectivity index (χ4v) is 2.95. The topological polar surface area (TPSA) is 92.3 Å². The van der Waals surface area contributed by atoms with Crippen LogP contribution >= 0.6 is 11.6 Å². The number of nitrogens with zero attached hydrogens (tertiary/aromatic N) is 2. The van der Waals surface area contributed by atoms with Crippen LogP contribution in [0.3, 0.4) is 0 Å². The van der Waals surface area contributed by atoms with Gasteiger partial charge in [0.1, 0.15) is 11.4 Å². The predicted molar refractivity (Wildman–Crippen MR) is 97.4 cm³/mol. The summed E-state index contributed by atoms with van der Waals surface area (Å²) in [7, 11) is 1.30. The highest BCUT2D eigenvalue weighted by Crippen LogP contribution is 2.50. The fraction of sp³-hybridized carbons (Fsp3) is 0.211. The van der Waals surface area contributed by atoms with E-state index in [4.69, 9.17) is 16.3 Å². The van der Waals surface area contributed by atoms with E-state index in [1.807, 2.05) is 6.07 Å². The number of hydrogen-bond acceptors (Lipinski definition) is 4. The lowest BCUT2D eigenvalue weighted by Crippen LogP contribution is -2.23. The number of alkyl halides is 2. The lowest BCUT2D eigenvalue weighted by Gasteiger charge is -2.14. The summed E-state index contributed by atoms with van der Waals surface area (Å²) in [5, 5.41) is 19.0. The summed E-state index contributed by atoms with van der Waals surface area (Å²) in [6.45, 7) is 0. The second-order valence-electron chi connectivity index (χ2n) is 6.19. The van der Waals surface area contributed by atoms with Gasteiger partial charge in [-0.15, -0.1) is 0 Å². The Morgan fingerprint density at radius 3 is 2.64 bits per heavy atom. The second-order valence-corrected chi connectivity index (χ2v) is 6.63. The van der Waals surface area contributed by atoms with Crippen LogP contribution < -0.4 is 10.3 Å². The molecule has 28 heavy (non-hydrogen) atoms. The zero-order valence-corrected chi connectivity index (χ0v) is 15.2. The monoisotopic (exact) mass is 406 g/mol. The maximum absolute atomic E-state index is 13.2. The average Bonchev–Trinajstić information content (AvgIpc) is 3.25. The molecule has 0 bridgehead atoms. The Labute approximate surface area is 162 Å². The number of methoxy groups -OCH3 is 1. The van der Waals surface area contributed by atoms with E-state index in [0.717, 1.165) is 22.9 Å². The van der Waals surface area contributed by atoms with Crippen molar-refractivity contribution in [2.75, 3.05) is 7.11 Å². The molecule has 6 nitrogen and oxygen atoms in total. The minimum Gasteiger partial charge on any atom is -0.495 e. The van der Waals surface area contributed by atoms with Gasteiger partial charge < -0.3 is 9.84 Å². The molecule has 0 amide bonds. The van der Waals surface area contributed by atoms with E-state index in [9.17, 15) is 28.7 Å². The number of nitriles is 1. The number of benzene rings is 1. The van der Waals surface area contributed by atoms with Gasteiger partial charge in [-0.1, -0.05) is 11.6 Å². The highest BCUT2D eigenvalue weighted by atomic mass is 35.5. The van der Waals surface area contributed by atoms with Crippen LogP contribution in [-0.4, -0.2) is 28.7 Å². The van der Waals surface area contributed by atoms with E-state index in [0.29, 0.717) is 10.6 Å². The molecule has 9 heteroatoms. The van der Waals surface area contributed by atoms with Gasteiger partial charge in [-0.2, -0.15) is 5.26 Å². The first-order valence-corrected chi connectivity index (χ1v) is 8.39. The van der Waals surface area contributed by atoms with Crippen LogP contribution in [0.2, 0.25) is 5.02 Å². The average molecular weight is 407 g/mol. The highest BCUT2D eigenvalue weighted by molar-refractivity contribution is 6.31. The lowest BCUT2D eigenvalue weighted by atomic mass is 10.0. The van der Waals surface area contributed by atoms with E-state index >= 15 is 0 Å². The van der Waals surface area contributed by atoms with Gasteiger partial charge in [-0.05, 0) is 24.3 Å². The molecule has 144 valence electrons. The molecule has 1 N–H and O–H groups in total. The van der Waals surface area contributed by atoms with Crippen LogP contribution in [0.4, 0.5) is 8.78 Å². The molecule has 1 heterocycles. The summed E-state index contributed by atoms with van der Waals surface area (Å²) in [6.07, 6.45) is 1.49. The summed E-state index contributed by atoms with van der Waals surface area (Å²) < 4.78 is 32.4. The Morgan fingerprint density at radius 1 is 1.43 bits per heavy atom. The van der Waals surface area contributed by atoms with E-state index in [2.05, 4.69) is 0 Å². The number of carbonyl (C=O) groups is 1.